The number of rotatable bonds is 6. The van der Waals surface area contributed by atoms with Crippen LogP contribution in [-0.2, 0) is 0 Å². The fraction of sp³-hybridized carbons (Fsp3) is 0.500. The third-order valence-corrected chi connectivity index (χ3v) is 3.04. The molecule has 17 heavy (non-hydrogen) atoms. The standard InChI is InChI=1S/C14H23N3/c1-5-7-11(3)14(12(4)8-6-2)17-10-13(15)9-16-17/h5,7,9-10,12,14H,1,6,8,15H2,2-4H3. The summed E-state index contributed by atoms with van der Waals surface area (Å²) in [5.41, 5.74) is 7.72. The molecule has 0 bridgehead atoms. The largest absolute Gasteiger partial charge is 0.396 e. The van der Waals surface area contributed by atoms with Crippen LogP contribution in [0.4, 0.5) is 5.69 Å². The van der Waals surface area contributed by atoms with Gasteiger partial charge < -0.3 is 5.73 Å². The smallest absolute Gasteiger partial charge is 0.0755 e. The lowest BCUT2D eigenvalue weighted by Crippen LogP contribution is -2.19. The Morgan fingerprint density at radius 2 is 2.35 bits per heavy atom. The summed E-state index contributed by atoms with van der Waals surface area (Å²) >= 11 is 0. The van der Waals surface area contributed by atoms with Gasteiger partial charge in [-0.15, -0.1) is 0 Å². The number of allylic oxidation sites excluding steroid dienone is 3. The second kappa shape index (κ2) is 6.28. The summed E-state index contributed by atoms with van der Waals surface area (Å²) in [4.78, 5) is 0. The minimum absolute atomic E-state index is 0.269. The van der Waals surface area contributed by atoms with Gasteiger partial charge in [0.05, 0.1) is 17.9 Å². The number of anilines is 1. The molecule has 1 aromatic heterocycles. The topological polar surface area (TPSA) is 43.8 Å². The zero-order valence-corrected chi connectivity index (χ0v) is 11.1. The lowest BCUT2D eigenvalue weighted by atomic mass is 9.91. The van der Waals surface area contributed by atoms with E-state index in [2.05, 4.69) is 38.5 Å². The van der Waals surface area contributed by atoms with Crippen LogP contribution in [0.25, 0.3) is 0 Å². The second-order valence-corrected chi connectivity index (χ2v) is 4.61. The third-order valence-electron chi connectivity index (χ3n) is 3.04. The van der Waals surface area contributed by atoms with E-state index < -0.39 is 0 Å². The molecular formula is C14H23N3. The molecule has 1 aromatic rings. The fourth-order valence-electron chi connectivity index (χ4n) is 2.32. The molecule has 3 heteroatoms. The van der Waals surface area contributed by atoms with E-state index >= 15 is 0 Å². The highest BCUT2D eigenvalue weighted by Gasteiger charge is 2.20. The van der Waals surface area contributed by atoms with E-state index in [-0.39, 0.29) is 6.04 Å². The predicted octanol–water partition coefficient (Wildman–Crippen LogP) is 3.57. The molecule has 0 saturated carbocycles. The van der Waals surface area contributed by atoms with Crippen molar-refractivity contribution in [2.24, 2.45) is 5.92 Å². The summed E-state index contributed by atoms with van der Waals surface area (Å²) in [7, 11) is 0. The van der Waals surface area contributed by atoms with Crippen LogP contribution in [0, 0.1) is 5.92 Å². The van der Waals surface area contributed by atoms with Crippen LogP contribution in [0.15, 0.2) is 36.7 Å². The van der Waals surface area contributed by atoms with Gasteiger partial charge in [0.2, 0.25) is 0 Å². The minimum atomic E-state index is 0.269. The Balaban J connectivity index is 3.01. The molecule has 0 aliphatic rings. The molecule has 0 amide bonds. The Morgan fingerprint density at radius 1 is 1.65 bits per heavy atom. The minimum Gasteiger partial charge on any atom is -0.396 e. The van der Waals surface area contributed by atoms with Crippen molar-refractivity contribution in [2.75, 3.05) is 5.73 Å². The van der Waals surface area contributed by atoms with Crippen LogP contribution in [0.2, 0.25) is 0 Å². The highest BCUT2D eigenvalue weighted by Crippen LogP contribution is 2.29. The van der Waals surface area contributed by atoms with E-state index in [1.807, 2.05) is 17.0 Å². The maximum absolute atomic E-state index is 5.74. The van der Waals surface area contributed by atoms with Gasteiger partial charge in [0.1, 0.15) is 0 Å². The summed E-state index contributed by atoms with van der Waals surface area (Å²) in [5, 5.41) is 4.34. The molecule has 1 rings (SSSR count). The summed E-state index contributed by atoms with van der Waals surface area (Å²) in [6, 6.07) is 0.269. The molecule has 0 aromatic carbocycles. The monoisotopic (exact) mass is 233 g/mol. The van der Waals surface area contributed by atoms with Crippen molar-refractivity contribution < 1.29 is 0 Å². The molecule has 0 aliphatic heterocycles. The van der Waals surface area contributed by atoms with Crippen molar-refractivity contribution in [3.63, 3.8) is 0 Å². The van der Waals surface area contributed by atoms with Crippen LogP contribution in [0.5, 0.6) is 0 Å². The summed E-state index contributed by atoms with van der Waals surface area (Å²) < 4.78 is 1.96. The molecule has 94 valence electrons. The van der Waals surface area contributed by atoms with Gasteiger partial charge in [0.25, 0.3) is 0 Å². The molecule has 2 unspecified atom stereocenters. The van der Waals surface area contributed by atoms with E-state index in [0.717, 1.165) is 0 Å². The first-order valence-electron chi connectivity index (χ1n) is 6.19. The van der Waals surface area contributed by atoms with Crippen molar-refractivity contribution >= 4 is 5.69 Å². The number of nitrogens with two attached hydrogens (primary N) is 1. The highest BCUT2D eigenvalue weighted by atomic mass is 15.3. The van der Waals surface area contributed by atoms with Gasteiger partial charge >= 0.3 is 0 Å². The Hall–Kier alpha value is -1.51. The number of nitrogens with zero attached hydrogens (tertiary/aromatic N) is 2. The van der Waals surface area contributed by atoms with Gasteiger partial charge in [0, 0.05) is 6.20 Å². The lowest BCUT2D eigenvalue weighted by molar-refractivity contribution is 0.349. The Bertz CT molecular complexity index is 390. The van der Waals surface area contributed by atoms with Gasteiger partial charge in [-0.25, -0.2) is 0 Å². The molecular weight excluding hydrogens is 210 g/mol. The first kappa shape index (κ1) is 13.6. The van der Waals surface area contributed by atoms with Gasteiger partial charge in [-0.2, -0.15) is 5.10 Å². The van der Waals surface area contributed by atoms with E-state index in [0.29, 0.717) is 11.6 Å². The predicted molar refractivity (Wildman–Crippen MR) is 73.7 cm³/mol. The van der Waals surface area contributed by atoms with Gasteiger partial charge in [-0.3, -0.25) is 4.68 Å². The van der Waals surface area contributed by atoms with Crippen LogP contribution in [-0.4, -0.2) is 9.78 Å². The summed E-state index contributed by atoms with van der Waals surface area (Å²) in [6.07, 6.45) is 9.83. The molecule has 0 radical (unpaired) electrons. The molecule has 0 spiro atoms. The maximum Gasteiger partial charge on any atom is 0.0755 e. The zero-order chi connectivity index (χ0) is 12.8. The number of hydrogen-bond donors (Lipinski definition) is 1. The average Bonchev–Trinajstić information content (AvgIpc) is 2.66. The van der Waals surface area contributed by atoms with Gasteiger partial charge in [-0.1, -0.05) is 39.0 Å². The summed E-state index contributed by atoms with van der Waals surface area (Å²) in [6.45, 7) is 10.3. The van der Waals surface area contributed by atoms with E-state index in [1.165, 1.54) is 18.4 Å². The normalized spacial score (nSPS) is 15.6. The fourth-order valence-corrected chi connectivity index (χ4v) is 2.32. The van der Waals surface area contributed by atoms with Gasteiger partial charge in [-0.05, 0) is 24.8 Å². The van der Waals surface area contributed by atoms with Crippen LogP contribution in [0.1, 0.15) is 39.7 Å². The molecule has 3 nitrogen and oxygen atoms in total. The van der Waals surface area contributed by atoms with Crippen molar-refractivity contribution in [3.05, 3.63) is 36.7 Å². The molecule has 2 N–H and O–H groups in total. The Kier molecular flexibility index (Phi) is 5.01. The zero-order valence-electron chi connectivity index (χ0n) is 11.1. The summed E-state index contributed by atoms with van der Waals surface area (Å²) in [5.74, 6) is 0.538. The Labute approximate surface area is 104 Å². The van der Waals surface area contributed by atoms with E-state index in [4.69, 9.17) is 5.73 Å². The average molecular weight is 233 g/mol. The molecule has 0 aliphatic carbocycles. The number of nitrogen functional groups attached to an aromatic ring is 1. The number of hydrogen-bond acceptors (Lipinski definition) is 2. The van der Waals surface area contributed by atoms with Crippen molar-refractivity contribution in [2.45, 2.75) is 39.7 Å². The molecule has 2 atom stereocenters. The first-order valence-corrected chi connectivity index (χ1v) is 6.19. The van der Waals surface area contributed by atoms with Gasteiger partial charge in [0.15, 0.2) is 0 Å². The quantitative estimate of drug-likeness (QED) is 0.763. The van der Waals surface area contributed by atoms with Crippen LogP contribution in [0.3, 0.4) is 0 Å². The molecule has 0 fully saturated rings. The van der Waals surface area contributed by atoms with Crippen molar-refractivity contribution in [3.8, 4) is 0 Å². The van der Waals surface area contributed by atoms with Crippen molar-refractivity contribution in [1.29, 1.82) is 0 Å². The first-order chi connectivity index (χ1) is 8.10. The second-order valence-electron chi connectivity index (χ2n) is 4.61. The number of aromatic nitrogens is 2. The molecule has 1 heterocycles. The van der Waals surface area contributed by atoms with E-state index in [1.54, 1.807) is 6.20 Å². The van der Waals surface area contributed by atoms with Crippen molar-refractivity contribution in [1.82, 2.24) is 9.78 Å². The van der Waals surface area contributed by atoms with Crippen LogP contribution >= 0.6 is 0 Å². The highest BCUT2D eigenvalue weighted by molar-refractivity contribution is 5.31. The van der Waals surface area contributed by atoms with Crippen LogP contribution < -0.4 is 5.73 Å². The maximum atomic E-state index is 5.74. The molecule has 0 saturated heterocycles. The Morgan fingerprint density at radius 3 is 2.82 bits per heavy atom. The third kappa shape index (κ3) is 3.48. The lowest BCUT2D eigenvalue weighted by Gasteiger charge is -2.25. The SMILES string of the molecule is C=CC=C(C)C(C(C)CCC)n1cc(N)cn1. The van der Waals surface area contributed by atoms with E-state index in [9.17, 15) is 0 Å².